The van der Waals surface area contributed by atoms with Crippen LogP contribution in [0.5, 0.6) is 0 Å². The molecule has 0 spiro atoms. The van der Waals surface area contributed by atoms with E-state index in [0.717, 1.165) is 31.6 Å². The Morgan fingerprint density at radius 3 is 2.26 bits per heavy atom. The Morgan fingerprint density at radius 2 is 1.79 bits per heavy atom. The predicted octanol–water partition coefficient (Wildman–Crippen LogP) is 2.84. The van der Waals surface area contributed by atoms with Crippen molar-refractivity contribution in [3.8, 4) is 0 Å². The molecule has 0 aromatic rings. The molecule has 1 aliphatic carbocycles. The van der Waals surface area contributed by atoms with Crippen LogP contribution in [0, 0.1) is 11.3 Å². The van der Waals surface area contributed by atoms with Gasteiger partial charge in [-0.2, -0.15) is 0 Å². The van der Waals surface area contributed by atoms with Gasteiger partial charge in [-0.3, -0.25) is 0 Å². The van der Waals surface area contributed by atoms with Crippen molar-refractivity contribution in [1.82, 2.24) is 4.90 Å². The van der Waals surface area contributed by atoms with Crippen LogP contribution in [0.2, 0.25) is 0 Å². The van der Waals surface area contributed by atoms with Gasteiger partial charge in [-0.25, -0.2) is 8.42 Å². The van der Waals surface area contributed by atoms with E-state index in [4.69, 9.17) is 0 Å². The van der Waals surface area contributed by atoms with Crippen LogP contribution in [-0.4, -0.2) is 37.9 Å². The maximum atomic E-state index is 12.2. The van der Waals surface area contributed by atoms with Gasteiger partial charge in [0, 0.05) is 25.0 Å². The molecule has 0 radical (unpaired) electrons. The first-order valence-corrected chi connectivity index (χ1v) is 9.29. The fraction of sp³-hybridized carbons (Fsp3) is 0.867. The molecule has 1 saturated heterocycles. The monoisotopic (exact) mass is 285 g/mol. The number of hydrogen-bond acceptors (Lipinski definition) is 3. The molecular weight excluding hydrogens is 258 g/mol. The topological polar surface area (TPSA) is 37.4 Å². The summed E-state index contributed by atoms with van der Waals surface area (Å²) in [6, 6.07) is 0. The summed E-state index contributed by atoms with van der Waals surface area (Å²) in [7, 11) is -3.02. The first kappa shape index (κ1) is 14.9. The number of nitrogens with zero attached hydrogens (tertiary/aromatic N) is 1. The molecule has 0 bridgehead atoms. The maximum absolute atomic E-state index is 12.2. The Bertz CT molecular complexity index is 453. The molecule has 1 heterocycles. The summed E-state index contributed by atoms with van der Waals surface area (Å²) in [6.45, 7) is 8.69. The van der Waals surface area contributed by atoms with Crippen LogP contribution in [0.25, 0.3) is 0 Å². The van der Waals surface area contributed by atoms with Crippen molar-refractivity contribution >= 4 is 9.84 Å². The van der Waals surface area contributed by atoms with Crippen molar-refractivity contribution in [2.75, 3.05) is 19.3 Å². The van der Waals surface area contributed by atoms with E-state index in [2.05, 4.69) is 31.7 Å². The van der Waals surface area contributed by atoms with Crippen LogP contribution < -0.4 is 0 Å². The Kier molecular flexibility index (Phi) is 4.01. The molecule has 3 nitrogen and oxygen atoms in total. The van der Waals surface area contributed by atoms with Gasteiger partial charge in [0.15, 0.2) is 9.84 Å². The second-order valence-corrected chi connectivity index (χ2v) is 9.40. The van der Waals surface area contributed by atoms with Gasteiger partial charge in [0.2, 0.25) is 0 Å². The molecule has 110 valence electrons. The summed E-state index contributed by atoms with van der Waals surface area (Å²) in [4.78, 5) is 2.30. The first-order valence-electron chi connectivity index (χ1n) is 7.33. The predicted molar refractivity (Wildman–Crippen MR) is 79.7 cm³/mol. The average molecular weight is 285 g/mol. The summed E-state index contributed by atoms with van der Waals surface area (Å²) in [6.07, 6.45) is 7.78. The zero-order valence-corrected chi connectivity index (χ0v) is 13.5. The Morgan fingerprint density at radius 1 is 1.21 bits per heavy atom. The highest BCUT2D eigenvalue weighted by Crippen LogP contribution is 2.40. The summed E-state index contributed by atoms with van der Waals surface area (Å²) in [5.41, 5.74) is 1.26. The van der Waals surface area contributed by atoms with E-state index in [1.807, 2.05) is 0 Å². The lowest BCUT2D eigenvalue weighted by atomic mass is 9.73. The normalized spacial score (nSPS) is 29.5. The molecule has 1 fully saturated rings. The van der Waals surface area contributed by atoms with Crippen molar-refractivity contribution in [1.29, 1.82) is 0 Å². The highest BCUT2D eigenvalue weighted by atomic mass is 32.2. The number of sulfone groups is 1. The number of likely N-dealkylation sites (tertiary alicyclic amines) is 1. The minimum absolute atomic E-state index is 0.177. The largest absolute Gasteiger partial charge is 0.374 e. The smallest absolute Gasteiger partial charge is 0.155 e. The van der Waals surface area contributed by atoms with Crippen molar-refractivity contribution in [3.05, 3.63) is 11.8 Å². The van der Waals surface area contributed by atoms with Crippen LogP contribution in [-0.2, 0) is 9.84 Å². The van der Waals surface area contributed by atoms with Gasteiger partial charge in [-0.05, 0) is 37.0 Å². The van der Waals surface area contributed by atoms with Crippen molar-refractivity contribution in [2.24, 2.45) is 11.3 Å². The molecule has 0 aromatic carbocycles. The van der Waals surface area contributed by atoms with E-state index in [-0.39, 0.29) is 10.7 Å². The van der Waals surface area contributed by atoms with Crippen LogP contribution in [0.3, 0.4) is 0 Å². The second kappa shape index (κ2) is 5.12. The van der Waals surface area contributed by atoms with Crippen LogP contribution >= 0.6 is 0 Å². The summed E-state index contributed by atoms with van der Waals surface area (Å²) in [5, 5.41) is -0.288. The standard InChI is InChI=1S/C15H27NO2S/c1-15(2,3)12-7-8-13(16-9-5-6-10-16)14(11-12)19(4,17)18/h8,12,14H,5-7,9-11H2,1-4H3. The van der Waals surface area contributed by atoms with Crippen molar-refractivity contribution in [2.45, 2.75) is 51.7 Å². The fourth-order valence-corrected chi connectivity index (χ4v) is 4.54. The molecule has 4 heteroatoms. The van der Waals surface area contributed by atoms with E-state index in [0.29, 0.717) is 5.92 Å². The SMILES string of the molecule is CC(C)(C)C1CC=C(N2CCCC2)C(S(C)(=O)=O)C1. The van der Waals surface area contributed by atoms with Gasteiger partial charge in [0.1, 0.15) is 5.25 Å². The van der Waals surface area contributed by atoms with Crippen molar-refractivity contribution < 1.29 is 8.42 Å². The maximum Gasteiger partial charge on any atom is 0.155 e. The number of rotatable bonds is 2. The lowest BCUT2D eigenvalue weighted by molar-refractivity contribution is 0.211. The molecule has 2 unspecified atom stereocenters. The number of allylic oxidation sites excluding steroid dienone is 1. The van der Waals surface area contributed by atoms with Gasteiger partial charge in [-0.15, -0.1) is 0 Å². The Balaban J connectivity index is 2.28. The third kappa shape index (κ3) is 3.33. The molecule has 0 aromatic heterocycles. The average Bonchev–Trinajstić information content (AvgIpc) is 2.79. The minimum Gasteiger partial charge on any atom is -0.374 e. The van der Waals surface area contributed by atoms with E-state index >= 15 is 0 Å². The zero-order valence-electron chi connectivity index (χ0n) is 12.6. The van der Waals surface area contributed by atoms with E-state index in [9.17, 15) is 8.42 Å². The molecule has 2 aliphatic rings. The molecule has 1 aliphatic heterocycles. The molecular formula is C15H27NO2S. The summed E-state index contributed by atoms with van der Waals surface area (Å²) in [5.74, 6) is 0.457. The minimum atomic E-state index is -3.02. The van der Waals surface area contributed by atoms with Gasteiger partial charge >= 0.3 is 0 Å². The molecule has 0 N–H and O–H groups in total. The molecule has 0 saturated carbocycles. The zero-order chi connectivity index (χ0) is 14.3. The van der Waals surface area contributed by atoms with E-state index < -0.39 is 9.84 Å². The van der Waals surface area contributed by atoms with Gasteiger partial charge in [0.25, 0.3) is 0 Å². The van der Waals surface area contributed by atoms with Crippen molar-refractivity contribution in [3.63, 3.8) is 0 Å². The Labute approximate surface area is 118 Å². The van der Waals surface area contributed by atoms with Gasteiger partial charge in [-0.1, -0.05) is 26.8 Å². The lowest BCUT2D eigenvalue weighted by Crippen LogP contribution is -2.39. The van der Waals surface area contributed by atoms with E-state index in [1.165, 1.54) is 19.1 Å². The highest BCUT2D eigenvalue weighted by Gasteiger charge is 2.38. The molecule has 0 amide bonds. The molecule has 19 heavy (non-hydrogen) atoms. The quantitative estimate of drug-likeness (QED) is 0.783. The highest BCUT2D eigenvalue weighted by molar-refractivity contribution is 7.91. The van der Waals surface area contributed by atoms with Crippen LogP contribution in [0.15, 0.2) is 11.8 Å². The lowest BCUT2D eigenvalue weighted by Gasteiger charge is -2.39. The van der Waals surface area contributed by atoms with Gasteiger partial charge in [0.05, 0.1) is 0 Å². The third-order valence-electron chi connectivity index (χ3n) is 4.65. The second-order valence-electron chi connectivity index (χ2n) is 7.18. The first-order chi connectivity index (χ1) is 8.69. The summed E-state index contributed by atoms with van der Waals surface area (Å²) >= 11 is 0. The fourth-order valence-electron chi connectivity index (χ4n) is 3.28. The summed E-state index contributed by atoms with van der Waals surface area (Å²) < 4.78 is 24.3. The molecule has 2 atom stereocenters. The molecule has 2 rings (SSSR count). The number of hydrogen-bond donors (Lipinski definition) is 0. The third-order valence-corrected chi connectivity index (χ3v) is 6.12. The van der Waals surface area contributed by atoms with Crippen LogP contribution in [0.4, 0.5) is 0 Å². The van der Waals surface area contributed by atoms with E-state index in [1.54, 1.807) is 0 Å². The van der Waals surface area contributed by atoms with Gasteiger partial charge < -0.3 is 4.90 Å². The van der Waals surface area contributed by atoms with Crippen LogP contribution in [0.1, 0.15) is 46.5 Å². The Hall–Kier alpha value is -0.510.